The second kappa shape index (κ2) is 6.93. The van der Waals surface area contributed by atoms with Gasteiger partial charge in [0.2, 0.25) is 0 Å². The van der Waals surface area contributed by atoms with Crippen LogP contribution in [0.25, 0.3) is 0 Å². The summed E-state index contributed by atoms with van der Waals surface area (Å²) in [5.41, 5.74) is 0. The molecule has 0 aromatic carbocycles. The average Bonchev–Trinajstić information content (AvgIpc) is 2.55. The van der Waals surface area contributed by atoms with Crippen molar-refractivity contribution in [3.8, 4) is 0 Å². The van der Waals surface area contributed by atoms with Gasteiger partial charge in [-0.3, -0.25) is 0 Å². The Labute approximate surface area is 106 Å². The Bertz CT molecular complexity index is 198. The van der Waals surface area contributed by atoms with Crippen LogP contribution in [0.3, 0.4) is 0 Å². The van der Waals surface area contributed by atoms with E-state index < -0.39 is 0 Å². The fourth-order valence-corrected chi connectivity index (χ4v) is 4.48. The second-order valence-electron chi connectivity index (χ2n) is 4.74. The predicted octanol–water partition coefficient (Wildman–Crippen LogP) is 1.32. The van der Waals surface area contributed by atoms with Crippen molar-refractivity contribution in [3.63, 3.8) is 0 Å². The SMILES string of the molecule is CC[I-]/C=C\[C@H]1C[C@@H](CC)[C@H](CC)C1C. The van der Waals surface area contributed by atoms with Crippen molar-refractivity contribution < 1.29 is 21.2 Å². The quantitative estimate of drug-likeness (QED) is 0.529. The molecular weight excluding hydrogens is 295 g/mol. The van der Waals surface area contributed by atoms with Gasteiger partial charge in [-0.25, -0.2) is 0 Å². The van der Waals surface area contributed by atoms with Gasteiger partial charge in [0.05, 0.1) is 0 Å². The number of hydrogen-bond donors (Lipinski definition) is 0. The Morgan fingerprint density at radius 3 is 2.40 bits per heavy atom. The first-order chi connectivity index (χ1) is 7.24. The molecule has 15 heavy (non-hydrogen) atoms. The fraction of sp³-hybridized carbons (Fsp3) is 0.857. The topological polar surface area (TPSA) is 0 Å². The molecule has 4 atom stereocenters. The Morgan fingerprint density at radius 1 is 1.20 bits per heavy atom. The molecule has 0 amide bonds. The second-order valence-corrected chi connectivity index (χ2v) is 7.86. The minimum atomic E-state index is 0.372. The van der Waals surface area contributed by atoms with E-state index in [9.17, 15) is 0 Å². The molecule has 1 fully saturated rings. The van der Waals surface area contributed by atoms with E-state index in [-0.39, 0.29) is 0 Å². The zero-order valence-electron chi connectivity index (χ0n) is 10.7. The number of rotatable bonds is 5. The number of alkyl halides is 1. The van der Waals surface area contributed by atoms with E-state index in [0.717, 1.165) is 23.7 Å². The van der Waals surface area contributed by atoms with Crippen LogP contribution in [-0.4, -0.2) is 4.43 Å². The summed E-state index contributed by atoms with van der Waals surface area (Å²) >= 11 is 0.372. The summed E-state index contributed by atoms with van der Waals surface area (Å²) in [6, 6.07) is 0. The van der Waals surface area contributed by atoms with Gasteiger partial charge in [0.1, 0.15) is 0 Å². The molecule has 0 heterocycles. The van der Waals surface area contributed by atoms with Crippen molar-refractivity contribution in [2.45, 2.75) is 47.0 Å². The van der Waals surface area contributed by atoms with E-state index in [1.807, 2.05) is 0 Å². The first-order valence-corrected chi connectivity index (χ1v) is 9.26. The van der Waals surface area contributed by atoms with Gasteiger partial charge in [0.15, 0.2) is 0 Å². The van der Waals surface area contributed by atoms with E-state index in [4.69, 9.17) is 0 Å². The minimum absolute atomic E-state index is 0.372. The summed E-state index contributed by atoms with van der Waals surface area (Å²) in [6.45, 7) is 9.52. The maximum absolute atomic E-state index is 2.56. The van der Waals surface area contributed by atoms with Crippen molar-refractivity contribution in [1.29, 1.82) is 0 Å². The predicted molar refractivity (Wildman–Crippen MR) is 64.5 cm³/mol. The third-order valence-corrected chi connectivity index (χ3v) is 5.89. The Kier molecular flexibility index (Phi) is 6.25. The molecule has 0 aromatic rings. The molecule has 90 valence electrons. The van der Waals surface area contributed by atoms with Crippen LogP contribution >= 0.6 is 0 Å². The van der Waals surface area contributed by atoms with Gasteiger partial charge in [-0.2, -0.15) is 0 Å². The standard InChI is InChI=1S/C14H26I/c1-5-12-10-13(8-9-15-7-3)11(4)14(12)6-2/h8-9,11-14H,5-7,10H2,1-4H3/q-1/b9-8-/t11?,12-,13+,14-/m1/s1. The monoisotopic (exact) mass is 321 g/mol. The molecule has 1 heteroatoms. The van der Waals surface area contributed by atoms with Gasteiger partial charge in [-0.15, -0.1) is 0 Å². The zero-order chi connectivity index (χ0) is 11.3. The molecule has 0 aromatic heterocycles. The molecule has 1 rings (SSSR count). The molecule has 0 nitrogen and oxygen atoms in total. The average molecular weight is 321 g/mol. The number of halogens is 1. The molecule has 0 spiro atoms. The van der Waals surface area contributed by atoms with Crippen LogP contribution in [0.4, 0.5) is 0 Å². The van der Waals surface area contributed by atoms with Crippen LogP contribution in [0.15, 0.2) is 10.2 Å². The van der Waals surface area contributed by atoms with Crippen LogP contribution in [0.2, 0.25) is 0 Å². The number of allylic oxidation sites excluding steroid dienone is 1. The van der Waals surface area contributed by atoms with Gasteiger partial charge in [-0.05, 0) is 0 Å². The van der Waals surface area contributed by atoms with Crippen LogP contribution in [0, 0.1) is 23.7 Å². The van der Waals surface area contributed by atoms with Crippen molar-refractivity contribution in [1.82, 2.24) is 0 Å². The normalized spacial score (nSPS) is 36.8. The summed E-state index contributed by atoms with van der Waals surface area (Å²) in [5, 5.41) is 0. The van der Waals surface area contributed by atoms with E-state index in [2.05, 4.69) is 37.9 Å². The Morgan fingerprint density at radius 2 is 1.93 bits per heavy atom. The molecule has 1 saturated carbocycles. The van der Waals surface area contributed by atoms with Crippen molar-refractivity contribution in [2.24, 2.45) is 23.7 Å². The van der Waals surface area contributed by atoms with Gasteiger partial charge in [0, 0.05) is 0 Å². The summed E-state index contributed by atoms with van der Waals surface area (Å²) in [4.78, 5) is 0. The van der Waals surface area contributed by atoms with Crippen LogP contribution < -0.4 is 21.2 Å². The summed E-state index contributed by atoms with van der Waals surface area (Å²) in [5.74, 6) is 3.81. The van der Waals surface area contributed by atoms with E-state index in [1.54, 1.807) is 0 Å². The molecule has 0 saturated heterocycles. The molecule has 0 aliphatic heterocycles. The molecule has 0 bridgehead atoms. The molecule has 1 unspecified atom stereocenters. The van der Waals surface area contributed by atoms with Crippen molar-refractivity contribution in [3.05, 3.63) is 10.2 Å². The van der Waals surface area contributed by atoms with Crippen LogP contribution in [-0.2, 0) is 0 Å². The fourth-order valence-electron chi connectivity index (χ4n) is 3.15. The Hall–Kier alpha value is 0.470. The zero-order valence-corrected chi connectivity index (χ0v) is 12.8. The van der Waals surface area contributed by atoms with Gasteiger partial charge in [0.25, 0.3) is 0 Å². The summed E-state index contributed by atoms with van der Waals surface area (Å²) in [6.07, 6.45) is 6.78. The van der Waals surface area contributed by atoms with Crippen LogP contribution in [0.5, 0.6) is 0 Å². The molecule has 0 radical (unpaired) electrons. The Balaban J connectivity index is 2.54. The van der Waals surface area contributed by atoms with Gasteiger partial charge < -0.3 is 0 Å². The summed E-state index contributed by atoms with van der Waals surface area (Å²) < 4.78 is 3.91. The van der Waals surface area contributed by atoms with Crippen molar-refractivity contribution in [2.75, 3.05) is 4.43 Å². The maximum atomic E-state index is 2.56. The van der Waals surface area contributed by atoms with Gasteiger partial charge in [-0.1, -0.05) is 0 Å². The third kappa shape index (κ3) is 3.47. The first-order valence-electron chi connectivity index (χ1n) is 6.48. The van der Waals surface area contributed by atoms with Gasteiger partial charge >= 0.3 is 106 Å². The van der Waals surface area contributed by atoms with Crippen molar-refractivity contribution >= 4 is 0 Å². The summed E-state index contributed by atoms with van der Waals surface area (Å²) in [7, 11) is 0. The first kappa shape index (κ1) is 13.5. The van der Waals surface area contributed by atoms with E-state index in [1.165, 1.54) is 23.7 Å². The molecular formula is C14H26I-. The van der Waals surface area contributed by atoms with Crippen LogP contribution in [0.1, 0.15) is 47.0 Å². The third-order valence-electron chi connectivity index (χ3n) is 4.09. The van der Waals surface area contributed by atoms with E-state index in [0.29, 0.717) is 21.2 Å². The number of hydrogen-bond acceptors (Lipinski definition) is 0. The van der Waals surface area contributed by atoms with E-state index >= 15 is 0 Å². The molecule has 0 N–H and O–H groups in total. The molecule has 1 aliphatic rings. The molecule has 1 aliphatic carbocycles.